The van der Waals surface area contributed by atoms with Crippen molar-refractivity contribution < 1.29 is 14.5 Å². The van der Waals surface area contributed by atoms with Crippen LogP contribution in [0.1, 0.15) is 29.3 Å². The number of carbonyl (C=O) groups excluding carboxylic acids is 1. The number of rotatable bonds is 7. The van der Waals surface area contributed by atoms with Gasteiger partial charge in [-0.1, -0.05) is 13.0 Å². The molecular weight excluding hydrogens is 378 g/mol. The third kappa shape index (κ3) is 4.51. The molecule has 1 aromatic carbocycles. The van der Waals surface area contributed by atoms with Gasteiger partial charge in [-0.15, -0.1) is 0 Å². The SMILES string of the molecule is CCCOc1ncccc1CNC(=O)c1ccc(Br)c([N+](=O)[O-])c1. The molecule has 2 rings (SSSR count). The lowest BCUT2D eigenvalue weighted by Gasteiger charge is -2.10. The number of hydrogen-bond donors (Lipinski definition) is 1. The van der Waals surface area contributed by atoms with Crippen molar-refractivity contribution in [1.82, 2.24) is 10.3 Å². The minimum absolute atomic E-state index is 0.156. The van der Waals surface area contributed by atoms with E-state index in [9.17, 15) is 14.9 Å². The minimum Gasteiger partial charge on any atom is -0.477 e. The summed E-state index contributed by atoms with van der Waals surface area (Å²) in [6, 6.07) is 7.79. The zero-order chi connectivity index (χ0) is 17.5. The minimum atomic E-state index is -0.543. The van der Waals surface area contributed by atoms with Gasteiger partial charge in [0.25, 0.3) is 11.6 Å². The van der Waals surface area contributed by atoms with Crippen molar-refractivity contribution in [3.63, 3.8) is 0 Å². The Balaban J connectivity index is 2.09. The molecule has 2 aromatic rings. The van der Waals surface area contributed by atoms with Gasteiger partial charge in [0, 0.05) is 29.9 Å². The first-order valence-corrected chi connectivity index (χ1v) is 8.11. The van der Waals surface area contributed by atoms with Gasteiger partial charge < -0.3 is 10.1 Å². The summed E-state index contributed by atoms with van der Waals surface area (Å²) in [5.41, 5.74) is 0.798. The molecule has 24 heavy (non-hydrogen) atoms. The average molecular weight is 394 g/mol. The van der Waals surface area contributed by atoms with Crippen LogP contribution in [0.3, 0.4) is 0 Å². The molecule has 126 valence electrons. The van der Waals surface area contributed by atoms with Gasteiger partial charge >= 0.3 is 0 Å². The Morgan fingerprint density at radius 3 is 2.92 bits per heavy atom. The van der Waals surface area contributed by atoms with Crippen molar-refractivity contribution in [3.8, 4) is 5.88 Å². The molecule has 0 radical (unpaired) electrons. The molecule has 0 aliphatic heterocycles. The van der Waals surface area contributed by atoms with Crippen molar-refractivity contribution in [1.29, 1.82) is 0 Å². The number of nitro groups is 1. The highest BCUT2D eigenvalue weighted by Gasteiger charge is 2.16. The Hall–Kier alpha value is -2.48. The molecule has 1 N–H and O–H groups in total. The lowest BCUT2D eigenvalue weighted by molar-refractivity contribution is -0.385. The molecular formula is C16H16BrN3O4. The number of aromatic nitrogens is 1. The Labute approximate surface area is 147 Å². The van der Waals surface area contributed by atoms with Crippen LogP contribution >= 0.6 is 15.9 Å². The van der Waals surface area contributed by atoms with E-state index in [4.69, 9.17) is 4.74 Å². The summed E-state index contributed by atoms with van der Waals surface area (Å²) < 4.78 is 5.86. The number of nitrogens with zero attached hydrogens (tertiary/aromatic N) is 2. The van der Waals surface area contributed by atoms with E-state index in [1.807, 2.05) is 13.0 Å². The van der Waals surface area contributed by atoms with Gasteiger partial charge in [0.05, 0.1) is 16.0 Å². The third-order valence-electron chi connectivity index (χ3n) is 3.14. The normalized spacial score (nSPS) is 10.2. The molecule has 0 unspecified atom stereocenters. The number of halogens is 1. The summed E-state index contributed by atoms with van der Waals surface area (Å²) in [6.45, 7) is 2.75. The van der Waals surface area contributed by atoms with Crippen molar-refractivity contribution in [2.45, 2.75) is 19.9 Å². The Morgan fingerprint density at radius 1 is 1.42 bits per heavy atom. The van der Waals surface area contributed by atoms with Crippen LogP contribution in [0, 0.1) is 10.1 Å². The van der Waals surface area contributed by atoms with Crippen LogP contribution in [0.5, 0.6) is 5.88 Å². The van der Waals surface area contributed by atoms with Crippen molar-refractivity contribution in [2.24, 2.45) is 0 Å². The first kappa shape index (κ1) is 17.9. The molecule has 0 spiro atoms. The van der Waals surface area contributed by atoms with E-state index < -0.39 is 10.8 Å². The topological polar surface area (TPSA) is 94.4 Å². The van der Waals surface area contributed by atoms with Crippen molar-refractivity contribution in [2.75, 3.05) is 6.61 Å². The summed E-state index contributed by atoms with van der Waals surface area (Å²) in [7, 11) is 0. The summed E-state index contributed by atoms with van der Waals surface area (Å²) >= 11 is 3.09. The second-order valence-electron chi connectivity index (χ2n) is 4.92. The fourth-order valence-corrected chi connectivity index (χ4v) is 2.35. The maximum Gasteiger partial charge on any atom is 0.284 e. The second-order valence-corrected chi connectivity index (χ2v) is 5.78. The largest absolute Gasteiger partial charge is 0.477 e. The molecule has 1 heterocycles. The first-order chi connectivity index (χ1) is 11.5. The molecule has 8 heteroatoms. The zero-order valence-corrected chi connectivity index (χ0v) is 14.6. The average Bonchev–Trinajstić information content (AvgIpc) is 2.58. The number of benzene rings is 1. The van der Waals surface area contributed by atoms with Gasteiger partial charge in [0.15, 0.2) is 0 Å². The molecule has 0 bridgehead atoms. The number of carbonyl (C=O) groups is 1. The van der Waals surface area contributed by atoms with Crippen molar-refractivity contribution in [3.05, 3.63) is 62.2 Å². The fourth-order valence-electron chi connectivity index (χ4n) is 1.96. The van der Waals surface area contributed by atoms with Crippen LogP contribution in [-0.2, 0) is 6.54 Å². The van der Waals surface area contributed by atoms with Crippen LogP contribution in [0.4, 0.5) is 5.69 Å². The Bertz CT molecular complexity index is 752. The lowest BCUT2D eigenvalue weighted by atomic mass is 10.2. The molecule has 0 saturated heterocycles. The number of ether oxygens (including phenoxy) is 1. The molecule has 1 amide bonds. The highest BCUT2D eigenvalue weighted by molar-refractivity contribution is 9.10. The zero-order valence-electron chi connectivity index (χ0n) is 13.0. The monoisotopic (exact) mass is 393 g/mol. The van der Waals surface area contributed by atoms with Gasteiger partial charge in [-0.2, -0.15) is 0 Å². The Kier molecular flexibility index (Phi) is 6.25. The van der Waals surface area contributed by atoms with Crippen LogP contribution < -0.4 is 10.1 Å². The second kappa shape index (κ2) is 8.39. The first-order valence-electron chi connectivity index (χ1n) is 7.31. The molecule has 7 nitrogen and oxygen atoms in total. The van der Waals surface area contributed by atoms with E-state index in [2.05, 4.69) is 26.2 Å². The van der Waals surface area contributed by atoms with Crippen LogP contribution in [0.15, 0.2) is 41.0 Å². The van der Waals surface area contributed by atoms with E-state index in [-0.39, 0.29) is 17.8 Å². The molecule has 0 atom stereocenters. The standard InChI is InChI=1S/C16H16BrN3O4/c1-2-8-24-16-12(4-3-7-18-16)10-19-15(21)11-5-6-13(17)14(9-11)20(22)23/h3-7,9H,2,8,10H2,1H3,(H,19,21). The number of pyridine rings is 1. The summed E-state index contributed by atoms with van der Waals surface area (Å²) in [5, 5.41) is 13.7. The third-order valence-corrected chi connectivity index (χ3v) is 3.81. The predicted molar refractivity (Wildman–Crippen MR) is 92.0 cm³/mol. The molecule has 0 fully saturated rings. The lowest BCUT2D eigenvalue weighted by Crippen LogP contribution is -2.23. The molecule has 1 aromatic heterocycles. The van der Waals surface area contributed by atoms with Gasteiger partial charge in [-0.25, -0.2) is 4.98 Å². The number of nitrogens with one attached hydrogen (secondary N) is 1. The highest BCUT2D eigenvalue weighted by atomic mass is 79.9. The van der Waals surface area contributed by atoms with E-state index in [0.717, 1.165) is 12.0 Å². The van der Waals surface area contributed by atoms with Gasteiger partial charge in [-0.3, -0.25) is 14.9 Å². The van der Waals surface area contributed by atoms with E-state index in [1.54, 1.807) is 12.3 Å². The van der Waals surface area contributed by atoms with Gasteiger partial charge in [0.1, 0.15) is 0 Å². The van der Waals surface area contributed by atoms with Crippen LogP contribution in [-0.4, -0.2) is 22.4 Å². The van der Waals surface area contributed by atoms with Crippen molar-refractivity contribution >= 4 is 27.5 Å². The highest BCUT2D eigenvalue weighted by Crippen LogP contribution is 2.25. The summed E-state index contributed by atoms with van der Waals surface area (Å²) in [4.78, 5) is 26.8. The van der Waals surface area contributed by atoms with E-state index >= 15 is 0 Å². The number of amides is 1. The molecule has 0 saturated carbocycles. The maximum absolute atomic E-state index is 12.2. The molecule has 0 aliphatic rings. The predicted octanol–water partition coefficient (Wildman–Crippen LogP) is 3.47. The Morgan fingerprint density at radius 2 is 2.21 bits per heavy atom. The van der Waals surface area contributed by atoms with E-state index in [0.29, 0.717) is 17.0 Å². The number of nitro benzene ring substituents is 1. The fraction of sp³-hybridized carbons (Fsp3) is 0.250. The summed E-state index contributed by atoms with van der Waals surface area (Å²) in [6.07, 6.45) is 2.47. The molecule has 0 aliphatic carbocycles. The van der Waals surface area contributed by atoms with E-state index in [1.165, 1.54) is 18.2 Å². The van der Waals surface area contributed by atoms with Gasteiger partial charge in [0.2, 0.25) is 5.88 Å². The van der Waals surface area contributed by atoms with Gasteiger partial charge in [-0.05, 0) is 40.5 Å². The smallest absolute Gasteiger partial charge is 0.284 e. The summed E-state index contributed by atoms with van der Waals surface area (Å²) in [5.74, 6) is 0.0670. The number of hydrogen-bond acceptors (Lipinski definition) is 5. The van der Waals surface area contributed by atoms with Crippen LogP contribution in [0.2, 0.25) is 0 Å². The van der Waals surface area contributed by atoms with Crippen LogP contribution in [0.25, 0.3) is 0 Å². The quantitative estimate of drug-likeness (QED) is 0.573. The maximum atomic E-state index is 12.2.